The number of pyridine rings is 1. The van der Waals surface area contributed by atoms with Crippen molar-refractivity contribution >= 4 is 17.6 Å². The van der Waals surface area contributed by atoms with Crippen LogP contribution in [0.4, 0.5) is 10.5 Å². The van der Waals surface area contributed by atoms with Crippen molar-refractivity contribution in [2.75, 3.05) is 31.5 Å². The zero-order valence-electron chi connectivity index (χ0n) is 14.1. The van der Waals surface area contributed by atoms with Crippen LogP contribution in [0.15, 0.2) is 24.5 Å². The summed E-state index contributed by atoms with van der Waals surface area (Å²) in [7, 11) is 0. The highest BCUT2D eigenvalue weighted by Gasteiger charge is 2.26. The molecule has 0 radical (unpaired) electrons. The van der Waals surface area contributed by atoms with Crippen LogP contribution in [0.1, 0.15) is 38.5 Å². The highest BCUT2D eigenvalue weighted by molar-refractivity contribution is 5.89. The summed E-state index contributed by atoms with van der Waals surface area (Å²) in [4.78, 5) is 32.4. The third kappa shape index (κ3) is 4.46. The van der Waals surface area contributed by atoms with E-state index in [1.54, 1.807) is 18.5 Å². The molecule has 6 heteroatoms. The molecule has 1 aromatic heterocycles. The van der Waals surface area contributed by atoms with Crippen molar-refractivity contribution in [2.45, 2.75) is 38.5 Å². The maximum atomic E-state index is 12.3. The van der Waals surface area contributed by atoms with Gasteiger partial charge in [-0.05, 0) is 50.2 Å². The van der Waals surface area contributed by atoms with Crippen molar-refractivity contribution in [3.63, 3.8) is 0 Å². The number of urea groups is 1. The molecule has 130 valence electrons. The Kier molecular flexibility index (Phi) is 5.67. The first-order valence-electron chi connectivity index (χ1n) is 8.96. The minimum atomic E-state index is -0.0798. The van der Waals surface area contributed by atoms with Gasteiger partial charge in [0.1, 0.15) is 0 Å². The summed E-state index contributed by atoms with van der Waals surface area (Å²) < 4.78 is 0. The van der Waals surface area contributed by atoms with E-state index in [0.29, 0.717) is 37.0 Å². The average molecular weight is 330 g/mol. The second-order valence-corrected chi connectivity index (χ2v) is 6.75. The van der Waals surface area contributed by atoms with E-state index >= 15 is 0 Å². The van der Waals surface area contributed by atoms with Crippen LogP contribution in [0.5, 0.6) is 0 Å². The molecule has 3 rings (SSSR count). The molecule has 0 spiro atoms. The van der Waals surface area contributed by atoms with Crippen molar-refractivity contribution in [1.29, 1.82) is 0 Å². The molecule has 0 aromatic carbocycles. The lowest BCUT2D eigenvalue weighted by atomic mass is 9.93. The summed E-state index contributed by atoms with van der Waals surface area (Å²) in [5.41, 5.74) is 0.713. The Hall–Kier alpha value is -2.11. The number of hydrogen-bond acceptors (Lipinski definition) is 3. The average Bonchev–Trinajstić information content (AvgIpc) is 2.64. The van der Waals surface area contributed by atoms with Crippen LogP contribution in [0.2, 0.25) is 0 Å². The Morgan fingerprint density at radius 3 is 2.50 bits per heavy atom. The third-order valence-corrected chi connectivity index (χ3v) is 4.99. The Balaban J connectivity index is 1.42. The van der Waals surface area contributed by atoms with Crippen LogP contribution in [0, 0.1) is 5.92 Å². The van der Waals surface area contributed by atoms with Gasteiger partial charge in [-0.15, -0.1) is 0 Å². The number of nitrogens with one attached hydrogen (secondary N) is 1. The van der Waals surface area contributed by atoms with Gasteiger partial charge in [-0.25, -0.2) is 4.79 Å². The molecule has 6 nitrogen and oxygen atoms in total. The molecule has 2 saturated heterocycles. The van der Waals surface area contributed by atoms with Gasteiger partial charge < -0.3 is 15.1 Å². The number of piperidine rings is 2. The van der Waals surface area contributed by atoms with Gasteiger partial charge in [0.2, 0.25) is 5.91 Å². The van der Waals surface area contributed by atoms with Gasteiger partial charge in [-0.2, -0.15) is 0 Å². The molecule has 0 bridgehead atoms. The van der Waals surface area contributed by atoms with Crippen LogP contribution < -0.4 is 5.32 Å². The van der Waals surface area contributed by atoms with E-state index in [1.807, 2.05) is 15.9 Å². The van der Waals surface area contributed by atoms with Crippen LogP contribution >= 0.6 is 0 Å². The van der Waals surface area contributed by atoms with E-state index in [-0.39, 0.29) is 6.03 Å². The smallest absolute Gasteiger partial charge is 0.321 e. The fourth-order valence-electron chi connectivity index (χ4n) is 3.50. The Labute approximate surface area is 143 Å². The second-order valence-electron chi connectivity index (χ2n) is 6.75. The number of amides is 3. The van der Waals surface area contributed by atoms with Gasteiger partial charge in [0.25, 0.3) is 0 Å². The first kappa shape index (κ1) is 16.7. The van der Waals surface area contributed by atoms with E-state index in [0.717, 1.165) is 38.8 Å². The summed E-state index contributed by atoms with van der Waals surface area (Å²) in [5.74, 6) is 0.704. The maximum Gasteiger partial charge on any atom is 0.321 e. The highest BCUT2D eigenvalue weighted by atomic mass is 16.2. The number of hydrogen-bond donors (Lipinski definition) is 1. The molecule has 3 heterocycles. The molecular weight excluding hydrogens is 304 g/mol. The van der Waals surface area contributed by atoms with Gasteiger partial charge >= 0.3 is 6.03 Å². The lowest BCUT2D eigenvalue weighted by Crippen LogP contribution is -2.42. The van der Waals surface area contributed by atoms with Crippen LogP contribution in [0.25, 0.3) is 0 Å². The number of carbonyl (C=O) groups excluding carboxylic acids is 2. The number of nitrogens with zero attached hydrogens (tertiary/aromatic N) is 3. The molecule has 0 aliphatic carbocycles. The minimum absolute atomic E-state index is 0.0798. The lowest BCUT2D eigenvalue weighted by molar-refractivity contribution is -0.133. The van der Waals surface area contributed by atoms with Crippen molar-refractivity contribution in [1.82, 2.24) is 14.8 Å². The zero-order chi connectivity index (χ0) is 16.8. The minimum Gasteiger partial charge on any atom is -0.343 e. The molecule has 1 aromatic rings. The van der Waals surface area contributed by atoms with E-state index in [2.05, 4.69) is 10.3 Å². The topological polar surface area (TPSA) is 65.5 Å². The van der Waals surface area contributed by atoms with Gasteiger partial charge in [0.15, 0.2) is 0 Å². The predicted molar refractivity (Wildman–Crippen MR) is 92.6 cm³/mol. The molecule has 2 fully saturated rings. The molecule has 0 unspecified atom stereocenters. The summed E-state index contributed by atoms with van der Waals surface area (Å²) in [6.07, 6.45) is 9.28. The number of aromatic nitrogens is 1. The van der Waals surface area contributed by atoms with E-state index in [9.17, 15) is 9.59 Å². The summed E-state index contributed by atoms with van der Waals surface area (Å²) in [6, 6.07) is 3.55. The number of anilines is 1. The Bertz CT molecular complexity index is 549. The molecule has 0 saturated carbocycles. The standard InChI is InChI=1S/C18H26N4O2/c23-17(21-9-2-1-3-10-21)13-15-6-11-22(12-7-15)18(24)20-16-5-4-8-19-14-16/h4-5,8,14-15H,1-3,6-7,9-13H2,(H,20,24). The Morgan fingerprint density at radius 1 is 1.08 bits per heavy atom. The number of rotatable bonds is 3. The van der Waals surface area contributed by atoms with Gasteiger partial charge in [0.05, 0.1) is 11.9 Å². The highest BCUT2D eigenvalue weighted by Crippen LogP contribution is 2.23. The summed E-state index contributed by atoms with van der Waals surface area (Å²) in [5, 5.41) is 2.87. The molecule has 2 aliphatic heterocycles. The van der Waals surface area contributed by atoms with Crippen LogP contribution in [-0.2, 0) is 4.79 Å². The number of likely N-dealkylation sites (tertiary alicyclic amines) is 2. The van der Waals surface area contributed by atoms with Gasteiger partial charge in [-0.1, -0.05) is 0 Å². The predicted octanol–water partition coefficient (Wildman–Crippen LogP) is 2.73. The quantitative estimate of drug-likeness (QED) is 0.927. The fraction of sp³-hybridized carbons (Fsp3) is 0.611. The molecule has 24 heavy (non-hydrogen) atoms. The van der Waals surface area contributed by atoms with Gasteiger partial charge in [0, 0.05) is 38.8 Å². The first-order chi connectivity index (χ1) is 11.7. The number of carbonyl (C=O) groups is 2. The first-order valence-corrected chi connectivity index (χ1v) is 8.96. The maximum absolute atomic E-state index is 12.3. The monoisotopic (exact) mass is 330 g/mol. The van der Waals surface area contributed by atoms with Crippen molar-refractivity contribution < 1.29 is 9.59 Å². The fourth-order valence-corrected chi connectivity index (χ4v) is 3.50. The SMILES string of the molecule is O=C(CC1CCN(C(=O)Nc2cccnc2)CC1)N1CCCCC1. The molecule has 2 aliphatic rings. The van der Waals surface area contributed by atoms with Crippen LogP contribution in [0.3, 0.4) is 0 Å². The largest absolute Gasteiger partial charge is 0.343 e. The van der Waals surface area contributed by atoms with E-state index in [1.165, 1.54) is 6.42 Å². The zero-order valence-corrected chi connectivity index (χ0v) is 14.1. The van der Waals surface area contributed by atoms with E-state index in [4.69, 9.17) is 0 Å². The van der Waals surface area contributed by atoms with Crippen LogP contribution in [-0.4, -0.2) is 52.9 Å². The molecular formula is C18H26N4O2. The van der Waals surface area contributed by atoms with Crippen molar-refractivity contribution in [3.8, 4) is 0 Å². The lowest BCUT2D eigenvalue weighted by Gasteiger charge is -2.33. The van der Waals surface area contributed by atoms with Crippen molar-refractivity contribution in [3.05, 3.63) is 24.5 Å². The molecule has 0 atom stereocenters. The van der Waals surface area contributed by atoms with E-state index < -0.39 is 0 Å². The molecule has 1 N–H and O–H groups in total. The summed E-state index contributed by atoms with van der Waals surface area (Å²) in [6.45, 7) is 3.27. The molecule has 3 amide bonds. The summed E-state index contributed by atoms with van der Waals surface area (Å²) >= 11 is 0. The third-order valence-electron chi connectivity index (χ3n) is 4.99. The Morgan fingerprint density at radius 2 is 1.83 bits per heavy atom. The van der Waals surface area contributed by atoms with Gasteiger partial charge in [-0.3, -0.25) is 9.78 Å². The second kappa shape index (κ2) is 8.13. The normalized spacial score (nSPS) is 19.2. The van der Waals surface area contributed by atoms with Crippen molar-refractivity contribution in [2.24, 2.45) is 5.92 Å².